The number of hydrogen-bond acceptors (Lipinski definition) is 4. The van der Waals surface area contributed by atoms with Crippen molar-refractivity contribution in [3.63, 3.8) is 0 Å². The Hall–Kier alpha value is -3.40. The lowest BCUT2D eigenvalue weighted by Crippen LogP contribution is -2.25. The van der Waals surface area contributed by atoms with Crippen LogP contribution in [0.5, 0.6) is 0 Å². The van der Waals surface area contributed by atoms with Crippen molar-refractivity contribution in [1.29, 1.82) is 0 Å². The number of carboxylic acid groups (broad SMARTS) is 1. The third kappa shape index (κ3) is 5.39. The Kier molecular flexibility index (Phi) is 7.46. The average molecular weight is 570 g/mol. The van der Waals surface area contributed by atoms with Crippen molar-refractivity contribution in [2.45, 2.75) is 18.8 Å². The van der Waals surface area contributed by atoms with Gasteiger partial charge < -0.3 is 15.2 Å². The summed E-state index contributed by atoms with van der Waals surface area (Å²) in [6.07, 6.45) is -0.203. The monoisotopic (exact) mass is 570 g/mol. The summed E-state index contributed by atoms with van der Waals surface area (Å²) in [5, 5.41) is 14.1. The number of nitrogens with one attached hydrogen (secondary N) is 2. The predicted molar refractivity (Wildman–Crippen MR) is 137 cm³/mol. The van der Waals surface area contributed by atoms with Crippen molar-refractivity contribution in [3.05, 3.63) is 87.0 Å². The molecular formula is C26H23IN2O5. The Morgan fingerprint density at radius 1 is 0.941 bits per heavy atom. The van der Waals surface area contributed by atoms with E-state index in [2.05, 4.69) is 34.9 Å². The number of carboxylic acids is 1. The van der Waals surface area contributed by atoms with Crippen LogP contribution in [0.2, 0.25) is 0 Å². The first-order valence-corrected chi connectivity index (χ1v) is 11.9. The van der Waals surface area contributed by atoms with Crippen molar-refractivity contribution >= 4 is 46.2 Å². The van der Waals surface area contributed by atoms with E-state index in [1.165, 1.54) is 11.1 Å². The van der Waals surface area contributed by atoms with Gasteiger partial charge in [0.05, 0.1) is 5.69 Å². The maximum absolute atomic E-state index is 12.5. The number of amides is 2. The maximum atomic E-state index is 12.5. The first-order valence-electron chi connectivity index (χ1n) is 10.9. The van der Waals surface area contributed by atoms with Gasteiger partial charge in [-0.25, -0.2) is 4.79 Å². The molecule has 0 atom stereocenters. The second-order valence-electron chi connectivity index (χ2n) is 7.90. The van der Waals surface area contributed by atoms with Crippen LogP contribution in [0.15, 0.2) is 66.7 Å². The number of anilines is 1. The molecule has 8 heteroatoms. The van der Waals surface area contributed by atoms with E-state index in [4.69, 9.17) is 9.84 Å². The Morgan fingerprint density at radius 2 is 1.59 bits per heavy atom. The molecule has 1 aliphatic rings. The van der Waals surface area contributed by atoms with Crippen LogP contribution in [-0.4, -0.2) is 36.2 Å². The molecule has 0 spiro atoms. The molecule has 0 fully saturated rings. The summed E-state index contributed by atoms with van der Waals surface area (Å²) in [6, 6.07) is 21.2. The second-order valence-corrected chi connectivity index (χ2v) is 9.06. The molecule has 4 rings (SSSR count). The van der Waals surface area contributed by atoms with Gasteiger partial charge in [0, 0.05) is 28.0 Å². The van der Waals surface area contributed by atoms with Crippen LogP contribution in [-0.2, 0) is 9.53 Å². The number of carbonyl (C=O) groups excluding carboxylic acids is 2. The van der Waals surface area contributed by atoms with Crippen LogP contribution in [0, 0.1) is 3.57 Å². The summed E-state index contributed by atoms with van der Waals surface area (Å²) in [5.41, 5.74) is 5.59. The van der Waals surface area contributed by atoms with Gasteiger partial charge in [0.1, 0.15) is 6.61 Å². The van der Waals surface area contributed by atoms with Gasteiger partial charge in [-0.1, -0.05) is 48.5 Å². The lowest BCUT2D eigenvalue weighted by molar-refractivity contribution is -0.137. The Balaban J connectivity index is 1.35. The number of rotatable bonds is 8. The number of aliphatic carboxylic acids is 1. The molecule has 1 aliphatic carbocycles. The summed E-state index contributed by atoms with van der Waals surface area (Å²) in [7, 11) is 0. The highest BCUT2D eigenvalue weighted by Crippen LogP contribution is 2.44. The van der Waals surface area contributed by atoms with E-state index in [1.807, 2.05) is 46.9 Å². The molecule has 2 amide bonds. The van der Waals surface area contributed by atoms with E-state index in [-0.39, 0.29) is 31.4 Å². The number of carbonyl (C=O) groups is 3. The molecule has 0 saturated carbocycles. The molecule has 7 nitrogen and oxygen atoms in total. The second kappa shape index (κ2) is 10.7. The van der Waals surface area contributed by atoms with Gasteiger partial charge >= 0.3 is 12.1 Å². The van der Waals surface area contributed by atoms with Crippen LogP contribution in [0.3, 0.4) is 0 Å². The normalized spacial score (nSPS) is 11.9. The van der Waals surface area contributed by atoms with E-state index in [0.29, 0.717) is 21.2 Å². The first kappa shape index (κ1) is 23.7. The summed E-state index contributed by atoms with van der Waals surface area (Å²) in [5.74, 6) is -1.21. The van der Waals surface area contributed by atoms with Crippen LogP contribution in [0.4, 0.5) is 10.5 Å². The van der Waals surface area contributed by atoms with E-state index in [0.717, 1.165) is 11.1 Å². The fourth-order valence-electron chi connectivity index (χ4n) is 4.05. The van der Waals surface area contributed by atoms with E-state index in [1.54, 1.807) is 18.2 Å². The number of fused-ring (bicyclic) bond motifs is 3. The minimum Gasteiger partial charge on any atom is -0.481 e. The summed E-state index contributed by atoms with van der Waals surface area (Å²) in [4.78, 5) is 35.3. The van der Waals surface area contributed by atoms with E-state index in [9.17, 15) is 14.4 Å². The van der Waals surface area contributed by atoms with Crippen molar-refractivity contribution < 1.29 is 24.2 Å². The highest BCUT2D eigenvalue weighted by atomic mass is 127. The number of benzene rings is 3. The van der Waals surface area contributed by atoms with E-state index >= 15 is 0 Å². The highest BCUT2D eigenvalue weighted by Gasteiger charge is 2.29. The van der Waals surface area contributed by atoms with Gasteiger partial charge in [-0.15, -0.1) is 0 Å². The zero-order valence-corrected chi connectivity index (χ0v) is 20.4. The molecule has 0 unspecified atom stereocenters. The van der Waals surface area contributed by atoms with E-state index < -0.39 is 12.1 Å². The molecule has 0 bridgehead atoms. The Bertz CT molecular complexity index is 1200. The minimum atomic E-state index is -0.896. The standard InChI is InChI=1S/C26H23IN2O5/c27-22-14-16(25(32)28-13-5-10-24(30)31)11-12-23(22)29-26(33)34-15-21-19-8-3-1-6-17(19)18-7-2-4-9-20(18)21/h1-4,6-9,11-12,14,21H,5,10,13,15H2,(H,28,32)(H,29,33)(H,30,31). The number of ether oxygens (including phenoxy) is 1. The molecular weight excluding hydrogens is 547 g/mol. The summed E-state index contributed by atoms with van der Waals surface area (Å²) in [6.45, 7) is 0.495. The van der Waals surface area contributed by atoms with Gasteiger partial charge in [0.15, 0.2) is 0 Å². The molecule has 3 aromatic rings. The third-order valence-electron chi connectivity index (χ3n) is 5.66. The van der Waals surface area contributed by atoms with Crippen molar-refractivity contribution in [2.24, 2.45) is 0 Å². The van der Waals surface area contributed by atoms with Crippen molar-refractivity contribution in [2.75, 3.05) is 18.5 Å². The average Bonchev–Trinajstić information content (AvgIpc) is 3.15. The molecule has 0 aliphatic heterocycles. The van der Waals surface area contributed by atoms with Crippen LogP contribution < -0.4 is 10.6 Å². The molecule has 3 N–H and O–H groups in total. The van der Waals surface area contributed by atoms with Gasteiger partial charge in [0.2, 0.25) is 0 Å². The number of hydrogen-bond donors (Lipinski definition) is 3. The van der Waals surface area contributed by atoms with Gasteiger partial charge in [0.25, 0.3) is 5.91 Å². The first-order chi connectivity index (χ1) is 16.4. The van der Waals surface area contributed by atoms with Crippen LogP contribution in [0.25, 0.3) is 11.1 Å². The van der Waals surface area contributed by atoms with Crippen molar-refractivity contribution in [1.82, 2.24) is 5.32 Å². The lowest BCUT2D eigenvalue weighted by atomic mass is 9.98. The molecule has 3 aromatic carbocycles. The summed E-state index contributed by atoms with van der Waals surface area (Å²) >= 11 is 2.05. The fourth-order valence-corrected chi connectivity index (χ4v) is 4.70. The zero-order chi connectivity index (χ0) is 24.1. The van der Waals surface area contributed by atoms with Gasteiger partial charge in [-0.2, -0.15) is 0 Å². The van der Waals surface area contributed by atoms with Crippen LogP contribution >= 0.6 is 22.6 Å². The number of halogens is 1. The highest BCUT2D eigenvalue weighted by molar-refractivity contribution is 14.1. The smallest absolute Gasteiger partial charge is 0.411 e. The topological polar surface area (TPSA) is 105 Å². The molecule has 34 heavy (non-hydrogen) atoms. The largest absolute Gasteiger partial charge is 0.481 e. The SMILES string of the molecule is O=C(O)CCCNC(=O)c1ccc(NC(=O)OCC2c3ccccc3-c3ccccc32)c(I)c1. The summed E-state index contributed by atoms with van der Waals surface area (Å²) < 4.78 is 6.26. The fraction of sp³-hybridized carbons (Fsp3) is 0.192. The molecule has 174 valence electrons. The Morgan fingerprint density at radius 3 is 2.21 bits per heavy atom. The predicted octanol–water partition coefficient (Wildman–Crippen LogP) is 5.25. The van der Waals surface area contributed by atoms with Crippen molar-refractivity contribution in [3.8, 4) is 11.1 Å². The minimum absolute atomic E-state index is 0.000804. The lowest BCUT2D eigenvalue weighted by Gasteiger charge is -2.15. The zero-order valence-electron chi connectivity index (χ0n) is 18.2. The maximum Gasteiger partial charge on any atom is 0.411 e. The van der Waals surface area contributed by atoms with Crippen LogP contribution in [0.1, 0.15) is 40.2 Å². The Labute approximate surface area is 210 Å². The van der Waals surface area contributed by atoms with Gasteiger partial charge in [-0.3, -0.25) is 14.9 Å². The molecule has 0 saturated heterocycles. The van der Waals surface area contributed by atoms with Gasteiger partial charge in [-0.05, 0) is 69.5 Å². The molecule has 0 heterocycles. The third-order valence-corrected chi connectivity index (χ3v) is 6.56. The molecule has 0 radical (unpaired) electrons. The quantitative estimate of drug-likeness (QED) is 0.254. The molecule has 0 aromatic heterocycles.